The van der Waals surface area contributed by atoms with Crippen molar-refractivity contribution in [2.24, 2.45) is 0 Å². The third-order valence-electron chi connectivity index (χ3n) is 3.55. The molecule has 1 spiro atoms. The lowest BCUT2D eigenvalue weighted by atomic mass is 9.93. The predicted molar refractivity (Wildman–Crippen MR) is 48.1 cm³/mol. The molecule has 2 heteroatoms. The van der Waals surface area contributed by atoms with Gasteiger partial charge in [0.05, 0.1) is 5.54 Å². The molecule has 1 heterocycles. The molecular formula is C10H17NO. The maximum atomic E-state index is 11.7. The number of likely N-dealkylation sites (tertiary alicyclic amines) is 1. The number of hydrogen-bond donors (Lipinski definition) is 0. The molecule has 0 unspecified atom stereocenters. The first-order chi connectivity index (χ1) is 5.79. The normalized spacial score (nSPS) is 28.9. The first-order valence-corrected chi connectivity index (χ1v) is 5.08. The fourth-order valence-electron chi connectivity index (χ4n) is 2.88. The lowest BCUT2D eigenvalue weighted by Crippen LogP contribution is -2.45. The first kappa shape index (κ1) is 8.24. The highest BCUT2D eigenvalue weighted by molar-refractivity contribution is 5.90. The summed E-state index contributed by atoms with van der Waals surface area (Å²) in [6.07, 6.45) is 5.55. The Bertz CT molecular complexity index is 194. The number of Topliss-reactive ketones (excluding diaryl/α,β-unsaturated/α-hetero) is 1. The molecule has 0 aromatic rings. The van der Waals surface area contributed by atoms with Gasteiger partial charge in [-0.15, -0.1) is 0 Å². The molecule has 0 aromatic heterocycles. The van der Waals surface area contributed by atoms with E-state index >= 15 is 0 Å². The molecular weight excluding hydrogens is 150 g/mol. The topological polar surface area (TPSA) is 20.3 Å². The van der Waals surface area contributed by atoms with Crippen LogP contribution in [0.4, 0.5) is 0 Å². The van der Waals surface area contributed by atoms with E-state index in [1.807, 2.05) is 0 Å². The van der Waals surface area contributed by atoms with Crippen molar-refractivity contribution in [1.82, 2.24) is 4.90 Å². The third-order valence-corrected chi connectivity index (χ3v) is 3.55. The summed E-state index contributed by atoms with van der Waals surface area (Å²) in [5, 5.41) is 0. The number of likely N-dealkylation sites (N-methyl/N-ethyl adjacent to an activating group) is 1. The molecule has 1 saturated carbocycles. The highest BCUT2D eigenvalue weighted by Crippen LogP contribution is 2.40. The third kappa shape index (κ3) is 0.939. The van der Waals surface area contributed by atoms with Gasteiger partial charge in [0.25, 0.3) is 0 Å². The van der Waals surface area contributed by atoms with Gasteiger partial charge in [-0.3, -0.25) is 9.69 Å². The number of carbonyl (C=O) groups excluding carboxylic acids is 1. The predicted octanol–water partition coefficient (Wildman–Crippen LogP) is 1.59. The van der Waals surface area contributed by atoms with Gasteiger partial charge in [0.15, 0.2) is 5.78 Å². The fourth-order valence-corrected chi connectivity index (χ4v) is 2.88. The standard InChI is InChI=1S/C10H17NO/c1-2-11-8-5-9(12)10(11)6-3-4-7-10/h2-8H2,1H3. The molecule has 0 atom stereocenters. The van der Waals surface area contributed by atoms with E-state index in [9.17, 15) is 4.79 Å². The van der Waals surface area contributed by atoms with Crippen molar-refractivity contribution in [1.29, 1.82) is 0 Å². The molecule has 0 bridgehead atoms. The molecule has 2 aliphatic rings. The summed E-state index contributed by atoms with van der Waals surface area (Å²) in [4.78, 5) is 14.1. The van der Waals surface area contributed by atoms with Crippen molar-refractivity contribution >= 4 is 5.78 Å². The number of carbonyl (C=O) groups is 1. The van der Waals surface area contributed by atoms with Crippen molar-refractivity contribution in [3.05, 3.63) is 0 Å². The van der Waals surface area contributed by atoms with Crippen LogP contribution in [0.1, 0.15) is 39.0 Å². The Morgan fingerprint density at radius 2 is 2.08 bits per heavy atom. The summed E-state index contributed by atoms with van der Waals surface area (Å²) in [7, 11) is 0. The minimum atomic E-state index is 0.00868. The summed E-state index contributed by atoms with van der Waals surface area (Å²) >= 11 is 0. The zero-order valence-electron chi connectivity index (χ0n) is 7.81. The quantitative estimate of drug-likeness (QED) is 0.591. The van der Waals surface area contributed by atoms with Gasteiger partial charge in [0, 0.05) is 13.0 Å². The van der Waals surface area contributed by atoms with Crippen LogP contribution >= 0.6 is 0 Å². The molecule has 68 valence electrons. The van der Waals surface area contributed by atoms with Crippen LogP contribution in [-0.4, -0.2) is 29.3 Å². The average Bonchev–Trinajstić information content (AvgIpc) is 2.65. The summed E-state index contributed by atoms with van der Waals surface area (Å²) in [5.41, 5.74) is 0.00868. The number of hydrogen-bond acceptors (Lipinski definition) is 2. The van der Waals surface area contributed by atoms with E-state index in [1.165, 1.54) is 12.8 Å². The Morgan fingerprint density at radius 3 is 2.67 bits per heavy atom. The minimum absolute atomic E-state index is 0.00868. The zero-order chi connectivity index (χ0) is 8.60. The van der Waals surface area contributed by atoms with Crippen LogP contribution in [0.25, 0.3) is 0 Å². The summed E-state index contributed by atoms with van der Waals surface area (Å²) in [6.45, 7) is 4.22. The summed E-state index contributed by atoms with van der Waals surface area (Å²) < 4.78 is 0. The van der Waals surface area contributed by atoms with E-state index < -0.39 is 0 Å². The highest BCUT2D eigenvalue weighted by atomic mass is 16.1. The van der Waals surface area contributed by atoms with Gasteiger partial charge in [-0.2, -0.15) is 0 Å². The first-order valence-electron chi connectivity index (χ1n) is 5.08. The van der Waals surface area contributed by atoms with Gasteiger partial charge in [-0.25, -0.2) is 0 Å². The Balaban J connectivity index is 2.23. The van der Waals surface area contributed by atoms with Crippen molar-refractivity contribution in [3.8, 4) is 0 Å². The smallest absolute Gasteiger partial charge is 0.154 e. The fraction of sp³-hybridized carbons (Fsp3) is 0.900. The molecule has 1 aliphatic heterocycles. The van der Waals surface area contributed by atoms with Crippen LogP contribution in [0.2, 0.25) is 0 Å². The van der Waals surface area contributed by atoms with Crippen LogP contribution < -0.4 is 0 Å². The SMILES string of the molecule is CCN1CCC(=O)C12CCCC2. The number of rotatable bonds is 1. The number of nitrogens with zero attached hydrogens (tertiary/aromatic N) is 1. The van der Waals surface area contributed by atoms with Crippen molar-refractivity contribution in [3.63, 3.8) is 0 Å². The van der Waals surface area contributed by atoms with E-state index in [0.29, 0.717) is 5.78 Å². The monoisotopic (exact) mass is 167 g/mol. The van der Waals surface area contributed by atoms with E-state index in [-0.39, 0.29) is 5.54 Å². The zero-order valence-corrected chi connectivity index (χ0v) is 7.81. The molecule has 2 fully saturated rings. The highest BCUT2D eigenvalue weighted by Gasteiger charge is 2.48. The summed E-state index contributed by atoms with van der Waals surface area (Å²) in [6, 6.07) is 0. The molecule has 2 rings (SSSR count). The van der Waals surface area contributed by atoms with Crippen LogP contribution in [0, 0.1) is 0 Å². The molecule has 0 N–H and O–H groups in total. The summed E-state index contributed by atoms with van der Waals surface area (Å²) in [5.74, 6) is 0.516. The van der Waals surface area contributed by atoms with Crippen LogP contribution in [-0.2, 0) is 4.79 Å². The molecule has 1 saturated heterocycles. The second-order valence-electron chi connectivity index (χ2n) is 3.99. The van der Waals surface area contributed by atoms with Gasteiger partial charge >= 0.3 is 0 Å². The van der Waals surface area contributed by atoms with Gasteiger partial charge in [0.2, 0.25) is 0 Å². The largest absolute Gasteiger partial charge is 0.298 e. The van der Waals surface area contributed by atoms with E-state index in [1.54, 1.807) is 0 Å². The van der Waals surface area contributed by atoms with Crippen molar-refractivity contribution in [2.75, 3.05) is 13.1 Å². The van der Waals surface area contributed by atoms with Gasteiger partial charge in [0.1, 0.15) is 0 Å². The molecule has 2 nitrogen and oxygen atoms in total. The van der Waals surface area contributed by atoms with Crippen LogP contribution in [0.5, 0.6) is 0 Å². The van der Waals surface area contributed by atoms with Crippen LogP contribution in [0.15, 0.2) is 0 Å². The maximum Gasteiger partial charge on any atom is 0.154 e. The van der Waals surface area contributed by atoms with E-state index in [4.69, 9.17) is 0 Å². The maximum absolute atomic E-state index is 11.7. The Hall–Kier alpha value is -0.370. The van der Waals surface area contributed by atoms with E-state index in [0.717, 1.165) is 32.4 Å². The van der Waals surface area contributed by atoms with Gasteiger partial charge in [-0.05, 0) is 19.4 Å². The van der Waals surface area contributed by atoms with Crippen molar-refractivity contribution < 1.29 is 4.79 Å². The number of ketones is 1. The van der Waals surface area contributed by atoms with Crippen molar-refractivity contribution in [2.45, 2.75) is 44.6 Å². The Morgan fingerprint density at radius 1 is 1.42 bits per heavy atom. The van der Waals surface area contributed by atoms with E-state index in [2.05, 4.69) is 11.8 Å². The average molecular weight is 167 g/mol. The van der Waals surface area contributed by atoms with Gasteiger partial charge < -0.3 is 0 Å². The molecule has 1 aliphatic carbocycles. The Labute approximate surface area is 73.9 Å². The van der Waals surface area contributed by atoms with Gasteiger partial charge in [-0.1, -0.05) is 19.8 Å². The lowest BCUT2D eigenvalue weighted by Gasteiger charge is -2.32. The lowest BCUT2D eigenvalue weighted by molar-refractivity contribution is -0.124. The molecule has 12 heavy (non-hydrogen) atoms. The van der Waals surface area contributed by atoms with Crippen LogP contribution in [0.3, 0.4) is 0 Å². The second kappa shape index (κ2) is 2.84. The minimum Gasteiger partial charge on any atom is -0.298 e. The molecule has 0 amide bonds. The Kier molecular flexibility index (Phi) is 1.95. The molecule has 0 aromatic carbocycles. The second-order valence-corrected chi connectivity index (χ2v) is 3.99. The molecule has 0 radical (unpaired) electrons.